The average Bonchev–Trinajstić information content (AvgIpc) is 2.75. The van der Waals surface area contributed by atoms with Crippen LogP contribution in [0.5, 0.6) is 0 Å². The van der Waals surface area contributed by atoms with Gasteiger partial charge in [-0.25, -0.2) is 18.4 Å². The molecule has 162 valence electrons. The molecule has 7 nitrogen and oxygen atoms in total. The van der Waals surface area contributed by atoms with E-state index in [1.807, 2.05) is 43.3 Å². The maximum Gasteiger partial charge on any atom is 0.255 e. The highest BCUT2D eigenvalue weighted by Gasteiger charge is 2.09. The van der Waals surface area contributed by atoms with Crippen LogP contribution in [0, 0.1) is 6.92 Å². The number of nitrogens with zero attached hydrogens (tertiary/aromatic N) is 3. The van der Waals surface area contributed by atoms with Crippen LogP contribution in [0.1, 0.15) is 25.2 Å². The third-order valence-electron chi connectivity index (χ3n) is 4.57. The highest BCUT2D eigenvalue weighted by atomic mass is 32.2. The summed E-state index contributed by atoms with van der Waals surface area (Å²) in [4.78, 5) is 11.1. The van der Waals surface area contributed by atoms with Crippen LogP contribution in [0.3, 0.4) is 0 Å². The van der Waals surface area contributed by atoms with Crippen LogP contribution in [-0.4, -0.2) is 31.5 Å². The van der Waals surface area contributed by atoms with Gasteiger partial charge in [0.2, 0.25) is 0 Å². The zero-order valence-electron chi connectivity index (χ0n) is 17.9. The molecule has 0 atom stereocenters. The molecule has 0 amide bonds. The quantitative estimate of drug-likeness (QED) is 0.501. The Hall–Kier alpha value is -3.39. The number of rotatable bonds is 9. The Labute approximate surface area is 183 Å². The second-order valence-electron chi connectivity index (χ2n) is 6.89. The molecule has 31 heavy (non-hydrogen) atoms. The topological polar surface area (TPSA) is 87.2 Å². The highest BCUT2D eigenvalue weighted by Crippen LogP contribution is 2.22. The summed E-state index contributed by atoms with van der Waals surface area (Å²) in [6.45, 7) is 7.75. The van der Waals surface area contributed by atoms with Crippen molar-refractivity contribution in [3.8, 4) is 0 Å². The summed E-state index contributed by atoms with van der Waals surface area (Å²) < 4.78 is 27.2. The first-order valence-electron chi connectivity index (χ1n) is 10.1. The lowest BCUT2D eigenvalue weighted by atomic mass is 10.2. The van der Waals surface area contributed by atoms with Gasteiger partial charge in [-0.1, -0.05) is 30.3 Å². The van der Waals surface area contributed by atoms with E-state index < -0.39 is 10.0 Å². The van der Waals surface area contributed by atoms with Gasteiger partial charge in [-0.15, -0.1) is 0 Å². The summed E-state index contributed by atoms with van der Waals surface area (Å²) in [5.41, 5.74) is 2.09. The van der Waals surface area contributed by atoms with Crippen LogP contribution in [0.2, 0.25) is 0 Å². The maximum absolute atomic E-state index is 12.3. The first-order valence-corrected chi connectivity index (χ1v) is 11.7. The molecule has 0 saturated carbocycles. The zero-order chi connectivity index (χ0) is 22.3. The Morgan fingerprint density at radius 1 is 0.935 bits per heavy atom. The molecule has 2 N–H and O–H groups in total. The fraction of sp³-hybridized carbons (Fsp3) is 0.217. The molecule has 0 spiro atoms. The van der Waals surface area contributed by atoms with Gasteiger partial charge in [-0.05, 0) is 56.7 Å². The maximum atomic E-state index is 12.3. The van der Waals surface area contributed by atoms with E-state index >= 15 is 0 Å². The van der Waals surface area contributed by atoms with E-state index in [0.717, 1.165) is 35.6 Å². The molecule has 0 aliphatic rings. The summed E-state index contributed by atoms with van der Waals surface area (Å²) in [5, 5.41) is 4.42. The summed E-state index contributed by atoms with van der Waals surface area (Å²) >= 11 is 0. The van der Waals surface area contributed by atoms with Crippen molar-refractivity contribution in [1.29, 1.82) is 0 Å². The first-order chi connectivity index (χ1) is 14.9. The molecule has 0 aliphatic heterocycles. The van der Waals surface area contributed by atoms with Crippen molar-refractivity contribution in [1.82, 2.24) is 9.97 Å². The van der Waals surface area contributed by atoms with E-state index in [1.54, 1.807) is 30.3 Å². The van der Waals surface area contributed by atoms with Crippen molar-refractivity contribution in [2.45, 2.75) is 20.8 Å². The zero-order valence-corrected chi connectivity index (χ0v) is 18.7. The van der Waals surface area contributed by atoms with Gasteiger partial charge in [0.15, 0.2) is 0 Å². The van der Waals surface area contributed by atoms with Crippen LogP contribution >= 0.6 is 0 Å². The van der Waals surface area contributed by atoms with Crippen molar-refractivity contribution in [2.75, 3.05) is 28.0 Å². The molecule has 8 heteroatoms. The number of hydrogen-bond donors (Lipinski definition) is 2. The summed E-state index contributed by atoms with van der Waals surface area (Å²) in [7, 11) is -3.61. The molecule has 2 aromatic carbocycles. The normalized spacial score (nSPS) is 11.5. The second kappa shape index (κ2) is 10.1. The largest absolute Gasteiger partial charge is 0.357 e. The SMILES string of the molecule is CCN(CC)c1cc(Nc2ccc(NS(=O)(=O)/C=C/c3ccccc3)cc2)nc(C)n1. The van der Waals surface area contributed by atoms with Gasteiger partial charge < -0.3 is 10.2 Å². The molecule has 0 aliphatic carbocycles. The molecule has 1 aromatic heterocycles. The lowest BCUT2D eigenvalue weighted by Crippen LogP contribution is -2.23. The molecule has 0 bridgehead atoms. The Kier molecular flexibility index (Phi) is 7.25. The average molecular weight is 438 g/mol. The number of sulfonamides is 1. The number of hydrogen-bond acceptors (Lipinski definition) is 6. The summed E-state index contributed by atoms with van der Waals surface area (Å²) in [5.74, 6) is 2.24. The van der Waals surface area contributed by atoms with E-state index in [9.17, 15) is 8.42 Å². The minimum atomic E-state index is -3.61. The van der Waals surface area contributed by atoms with Gasteiger partial charge >= 0.3 is 0 Å². The number of anilines is 4. The Bertz CT molecular complexity index is 1130. The van der Waals surface area contributed by atoms with E-state index in [-0.39, 0.29) is 0 Å². The van der Waals surface area contributed by atoms with Gasteiger partial charge in [-0.2, -0.15) is 0 Å². The molecular formula is C23H27N5O2S. The number of aryl methyl sites for hydroxylation is 1. The van der Waals surface area contributed by atoms with Crippen LogP contribution in [0.15, 0.2) is 66.1 Å². The highest BCUT2D eigenvalue weighted by molar-refractivity contribution is 7.95. The van der Waals surface area contributed by atoms with Gasteiger partial charge in [0, 0.05) is 30.5 Å². The van der Waals surface area contributed by atoms with Crippen molar-refractivity contribution in [3.05, 3.63) is 77.5 Å². The Morgan fingerprint density at radius 2 is 1.58 bits per heavy atom. The predicted octanol–water partition coefficient (Wildman–Crippen LogP) is 4.79. The van der Waals surface area contributed by atoms with Gasteiger partial charge in [0.05, 0.1) is 5.41 Å². The summed E-state index contributed by atoms with van der Waals surface area (Å²) in [6.07, 6.45) is 1.56. The van der Waals surface area contributed by atoms with Crippen LogP contribution < -0.4 is 14.9 Å². The molecule has 0 fully saturated rings. The predicted molar refractivity (Wildman–Crippen MR) is 128 cm³/mol. The van der Waals surface area contributed by atoms with Crippen LogP contribution in [0.4, 0.5) is 23.0 Å². The van der Waals surface area contributed by atoms with Crippen molar-refractivity contribution in [2.24, 2.45) is 0 Å². The first kappa shape index (κ1) is 22.3. The van der Waals surface area contributed by atoms with E-state index in [1.165, 1.54) is 0 Å². The van der Waals surface area contributed by atoms with Crippen LogP contribution in [-0.2, 0) is 10.0 Å². The Morgan fingerprint density at radius 3 is 2.23 bits per heavy atom. The minimum absolute atomic E-state index is 0.478. The fourth-order valence-corrected chi connectivity index (χ4v) is 3.89. The lowest BCUT2D eigenvalue weighted by molar-refractivity contribution is 0.609. The molecular weight excluding hydrogens is 410 g/mol. The van der Waals surface area contributed by atoms with E-state index in [2.05, 4.69) is 38.8 Å². The molecule has 3 rings (SSSR count). The van der Waals surface area contributed by atoms with Crippen LogP contribution in [0.25, 0.3) is 6.08 Å². The lowest BCUT2D eigenvalue weighted by Gasteiger charge is -2.20. The molecule has 0 unspecified atom stereocenters. The van der Waals surface area contributed by atoms with Gasteiger partial charge in [0.1, 0.15) is 17.5 Å². The van der Waals surface area contributed by atoms with Crippen molar-refractivity contribution in [3.63, 3.8) is 0 Å². The van der Waals surface area contributed by atoms with E-state index in [4.69, 9.17) is 0 Å². The number of benzene rings is 2. The van der Waals surface area contributed by atoms with Crippen molar-refractivity contribution < 1.29 is 8.42 Å². The van der Waals surface area contributed by atoms with Crippen molar-refractivity contribution >= 4 is 39.1 Å². The second-order valence-corrected chi connectivity index (χ2v) is 8.46. The van der Waals surface area contributed by atoms with Gasteiger partial charge in [-0.3, -0.25) is 4.72 Å². The third kappa shape index (κ3) is 6.55. The Balaban J connectivity index is 1.68. The molecule has 0 saturated heterocycles. The van der Waals surface area contributed by atoms with Gasteiger partial charge in [0.25, 0.3) is 10.0 Å². The minimum Gasteiger partial charge on any atom is -0.357 e. The number of aromatic nitrogens is 2. The summed E-state index contributed by atoms with van der Waals surface area (Å²) in [6, 6.07) is 18.2. The smallest absolute Gasteiger partial charge is 0.255 e. The standard InChI is InChI=1S/C23H27N5O2S/c1-4-28(5-2)23-17-22(24-18(3)25-23)26-20-11-13-21(14-12-20)27-31(29,30)16-15-19-9-7-6-8-10-19/h6-17,27H,4-5H2,1-3H3,(H,24,25,26)/b16-15+. The van der Waals surface area contributed by atoms with E-state index in [0.29, 0.717) is 17.3 Å². The third-order valence-corrected chi connectivity index (χ3v) is 5.58. The molecule has 3 aromatic rings. The fourth-order valence-electron chi connectivity index (χ4n) is 3.03. The molecule has 1 heterocycles. The monoisotopic (exact) mass is 437 g/mol. The molecule has 0 radical (unpaired) electrons. The number of nitrogens with one attached hydrogen (secondary N) is 2.